The van der Waals surface area contributed by atoms with Gasteiger partial charge in [-0.2, -0.15) is 0 Å². The van der Waals surface area contributed by atoms with Gasteiger partial charge in [0, 0.05) is 63.0 Å². The van der Waals surface area contributed by atoms with E-state index in [1.807, 2.05) is 0 Å². The fourth-order valence-electron chi connectivity index (χ4n) is 5.07. The Morgan fingerprint density at radius 2 is 1.81 bits per heavy atom. The van der Waals surface area contributed by atoms with Gasteiger partial charge >= 0.3 is 0 Å². The molecule has 0 unspecified atom stereocenters. The van der Waals surface area contributed by atoms with Gasteiger partial charge in [0.1, 0.15) is 0 Å². The van der Waals surface area contributed by atoms with Crippen LogP contribution in [0.5, 0.6) is 0 Å². The summed E-state index contributed by atoms with van der Waals surface area (Å²) >= 11 is 0. The van der Waals surface area contributed by atoms with E-state index >= 15 is 0 Å². The first-order valence-electron chi connectivity index (χ1n) is 10.2. The minimum atomic E-state index is 0.175. The number of likely N-dealkylation sites (N-methyl/N-ethyl adjacent to an activating group) is 1. The summed E-state index contributed by atoms with van der Waals surface area (Å²) in [5.41, 5.74) is 1.53. The van der Waals surface area contributed by atoms with Crippen molar-refractivity contribution in [3.8, 4) is 0 Å². The fourth-order valence-corrected chi connectivity index (χ4v) is 5.07. The highest BCUT2D eigenvalue weighted by molar-refractivity contribution is 5.76. The minimum absolute atomic E-state index is 0.175. The number of anilines is 1. The highest BCUT2D eigenvalue weighted by Crippen LogP contribution is 2.33. The van der Waals surface area contributed by atoms with E-state index < -0.39 is 0 Å². The van der Waals surface area contributed by atoms with Crippen LogP contribution in [-0.2, 0) is 4.79 Å². The quantitative estimate of drug-likeness (QED) is 0.879. The third-order valence-corrected chi connectivity index (χ3v) is 6.86. The summed E-state index contributed by atoms with van der Waals surface area (Å²) < 4.78 is 0. The van der Waals surface area contributed by atoms with Gasteiger partial charge in [-0.3, -0.25) is 14.6 Å². The lowest BCUT2D eigenvalue weighted by atomic mass is 9.85. The molecule has 1 aromatic rings. The third-order valence-electron chi connectivity index (χ3n) is 6.86. The topological polar surface area (TPSA) is 38.8 Å². The van der Waals surface area contributed by atoms with E-state index in [2.05, 4.69) is 57.4 Å². The molecular formula is C21H32N4O. The standard InChI is InChI=1S/C21H32N4O/c1-23-15-16-25(17-21(23)10-7-20(26)22-12-11-21)19-8-13-24(14-9-19)18-5-3-2-4-6-18/h2-6,19H,7-17H2,1H3,(H,22,26)/t21-/m1/s1. The van der Waals surface area contributed by atoms with E-state index in [1.165, 1.54) is 18.5 Å². The molecule has 5 nitrogen and oxygen atoms in total. The molecule has 1 aromatic carbocycles. The molecular weight excluding hydrogens is 324 g/mol. The number of amides is 1. The molecule has 3 fully saturated rings. The predicted octanol–water partition coefficient (Wildman–Crippen LogP) is 1.94. The Balaban J connectivity index is 1.39. The first kappa shape index (κ1) is 17.8. The van der Waals surface area contributed by atoms with Gasteiger partial charge in [0.25, 0.3) is 0 Å². The van der Waals surface area contributed by atoms with Crippen LogP contribution in [0.2, 0.25) is 0 Å². The van der Waals surface area contributed by atoms with Gasteiger partial charge in [0.2, 0.25) is 5.91 Å². The lowest BCUT2D eigenvalue weighted by molar-refractivity contribution is -0.121. The number of rotatable bonds is 2. The Morgan fingerprint density at radius 1 is 1.04 bits per heavy atom. The first-order valence-corrected chi connectivity index (χ1v) is 10.2. The number of hydrogen-bond acceptors (Lipinski definition) is 4. The van der Waals surface area contributed by atoms with Crippen LogP contribution in [0.15, 0.2) is 30.3 Å². The second-order valence-electron chi connectivity index (χ2n) is 8.27. The molecule has 0 radical (unpaired) electrons. The second kappa shape index (κ2) is 7.57. The molecule has 0 saturated carbocycles. The van der Waals surface area contributed by atoms with Crippen molar-refractivity contribution in [3.05, 3.63) is 30.3 Å². The average Bonchev–Trinajstić information content (AvgIpc) is 2.87. The highest BCUT2D eigenvalue weighted by atomic mass is 16.1. The molecule has 0 bridgehead atoms. The van der Waals surface area contributed by atoms with Crippen LogP contribution < -0.4 is 10.2 Å². The normalized spacial score (nSPS) is 29.6. The molecule has 4 rings (SSSR count). The molecule has 142 valence electrons. The largest absolute Gasteiger partial charge is 0.371 e. The van der Waals surface area contributed by atoms with Crippen LogP contribution >= 0.6 is 0 Å². The molecule has 3 saturated heterocycles. The summed E-state index contributed by atoms with van der Waals surface area (Å²) in [5, 5.41) is 3.06. The van der Waals surface area contributed by atoms with Crippen molar-refractivity contribution in [1.82, 2.24) is 15.1 Å². The van der Waals surface area contributed by atoms with E-state index in [0.717, 1.165) is 52.1 Å². The van der Waals surface area contributed by atoms with E-state index in [4.69, 9.17) is 0 Å². The van der Waals surface area contributed by atoms with Gasteiger partial charge in [-0.1, -0.05) is 18.2 Å². The maximum absolute atomic E-state index is 11.8. The van der Waals surface area contributed by atoms with Crippen molar-refractivity contribution >= 4 is 11.6 Å². The summed E-state index contributed by atoms with van der Waals surface area (Å²) in [6.45, 7) is 6.52. The molecule has 0 aliphatic carbocycles. The Morgan fingerprint density at radius 3 is 2.58 bits per heavy atom. The number of piperazine rings is 1. The van der Waals surface area contributed by atoms with Gasteiger partial charge in [-0.05, 0) is 44.9 Å². The monoisotopic (exact) mass is 356 g/mol. The molecule has 1 amide bonds. The molecule has 5 heteroatoms. The lowest BCUT2D eigenvalue weighted by Gasteiger charge is -2.52. The van der Waals surface area contributed by atoms with Crippen molar-refractivity contribution in [2.75, 3.05) is 51.2 Å². The van der Waals surface area contributed by atoms with Gasteiger partial charge in [0.15, 0.2) is 0 Å². The average molecular weight is 357 g/mol. The van der Waals surface area contributed by atoms with E-state index in [-0.39, 0.29) is 11.4 Å². The maximum atomic E-state index is 11.8. The molecule has 1 spiro atoms. The van der Waals surface area contributed by atoms with Crippen molar-refractivity contribution in [2.45, 2.75) is 43.7 Å². The fraction of sp³-hybridized carbons (Fsp3) is 0.667. The molecule has 1 N–H and O–H groups in total. The Hall–Kier alpha value is -1.59. The molecule has 3 heterocycles. The SMILES string of the molecule is CN1CCN(C2CCN(c3ccccc3)CC2)C[C@@]12CCNC(=O)CC2. The Labute approximate surface area is 157 Å². The van der Waals surface area contributed by atoms with Crippen LogP contribution in [-0.4, -0.2) is 73.6 Å². The van der Waals surface area contributed by atoms with Crippen molar-refractivity contribution in [1.29, 1.82) is 0 Å². The van der Waals surface area contributed by atoms with E-state index in [9.17, 15) is 4.79 Å². The van der Waals surface area contributed by atoms with Crippen molar-refractivity contribution in [3.63, 3.8) is 0 Å². The van der Waals surface area contributed by atoms with E-state index in [1.54, 1.807) is 0 Å². The molecule has 3 aliphatic heterocycles. The number of hydrogen-bond donors (Lipinski definition) is 1. The van der Waals surface area contributed by atoms with Crippen molar-refractivity contribution in [2.24, 2.45) is 0 Å². The number of benzene rings is 1. The number of nitrogens with zero attached hydrogens (tertiary/aromatic N) is 3. The van der Waals surface area contributed by atoms with Crippen LogP contribution in [0.3, 0.4) is 0 Å². The van der Waals surface area contributed by atoms with Crippen LogP contribution in [0.4, 0.5) is 5.69 Å². The highest BCUT2D eigenvalue weighted by Gasteiger charge is 2.42. The zero-order chi connectivity index (χ0) is 18.0. The van der Waals surface area contributed by atoms with Crippen LogP contribution in [0, 0.1) is 0 Å². The molecule has 26 heavy (non-hydrogen) atoms. The van der Waals surface area contributed by atoms with Crippen molar-refractivity contribution < 1.29 is 4.79 Å². The maximum Gasteiger partial charge on any atom is 0.220 e. The number of carbonyl (C=O) groups is 1. The predicted molar refractivity (Wildman–Crippen MR) is 105 cm³/mol. The zero-order valence-electron chi connectivity index (χ0n) is 16.0. The minimum Gasteiger partial charge on any atom is -0.371 e. The second-order valence-corrected chi connectivity index (χ2v) is 8.27. The summed E-state index contributed by atoms with van der Waals surface area (Å²) in [6.07, 6.45) is 5.23. The van der Waals surface area contributed by atoms with Crippen LogP contribution in [0.1, 0.15) is 32.1 Å². The number of carbonyl (C=O) groups excluding carboxylic acids is 1. The third kappa shape index (κ3) is 3.60. The van der Waals surface area contributed by atoms with Gasteiger partial charge < -0.3 is 10.2 Å². The smallest absolute Gasteiger partial charge is 0.220 e. The van der Waals surface area contributed by atoms with Gasteiger partial charge in [-0.15, -0.1) is 0 Å². The van der Waals surface area contributed by atoms with Gasteiger partial charge in [-0.25, -0.2) is 0 Å². The molecule has 1 atom stereocenters. The van der Waals surface area contributed by atoms with Crippen LogP contribution in [0.25, 0.3) is 0 Å². The zero-order valence-corrected chi connectivity index (χ0v) is 16.0. The number of nitrogens with one attached hydrogen (secondary N) is 1. The van der Waals surface area contributed by atoms with E-state index in [0.29, 0.717) is 12.5 Å². The Kier molecular flexibility index (Phi) is 5.18. The Bertz CT molecular complexity index is 614. The lowest BCUT2D eigenvalue weighted by Crippen LogP contribution is -2.63. The summed E-state index contributed by atoms with van der Waals surface area (Å²) in [5.74, 6) is 0.226. The van der Waals surface area contributed by atoms with Gasteiger partial charge in [0.05, 0.1) is 0 Å². The summed E-state index contributed by atoms with van der Waals surface area (Å²) in [7, 11) is 2.26. The summed E-state index contributed by atoms with van der Waals surface area (Å²) in [4.78, 5) is 19.6. The molecule has 3 aliphatic rings. The number of para-hydroxylation sites is 1. The summed E-state index contributed by atoms with van der Waals surface area (Å²) in [6, 6.07) is 11.5. The molecule has 0 aromatic heterocycles. The number of piperidine rings is 1. The first-order chi connectivity index (χ1) is 12.7.